The van der Waals surface area contributed by atoms with E-state index in [1.165, 1.54) is 19.3 Å². The standard InChI is InChI=1S/C14H26N2O3/c1-9(2)12(13(17)18)16-14(19)15-8-11-7-5-4-6-10(11)3/h9-12H,4-8H2,1-3H3,(H,17,18)(H2,15,16,19). The van der Waals surface area contributed by atoms with Crippen LogP contribution in [0, 0.1) is 17.8 Å². The van der Waals surface area contributed by atoms with Crippen LogP contribution < -0.4 is 10.6 Å². The molecule has 0 spiro atoms. The molecular formula is C14H26N2O3. The van der Waals surface area contributed by atoms with Crippen LogP contribution in [0.3, 0.4) is 0 Å². The Morgan fingerprint density at radius 3 is 2.42 bits per heavy atom. The first-order valence-electron chi connectivity index (χ1n) is 7.19. The normalized spacial score (nSPS) is 24.8. The molecule has 3 N–H and O–H groups in total. The Morgan fingerprint density at radius 1 is 1.26 bits per heavy atom. The van der Waals surface area contributed by atoms with Crippen molar-refractivity contribution in [3.63, 3.8) is 0 Å². The van der Waals surface area contributed by atoms with Gasteiger partial charge in [-0.1, -0.05) is 40.0 Å². The SMILES string of the molecule is CC(C)C(NC(=O)NCC1CCCCC1C)C(=O)O. The lowest BCUT2D eigenvalue weighted by Crippen LogP contribution is -2.49. The third kappa shape index (κ3) is 5.09. The minimum absolute atomic E-state index is 0.128. The fourth-order valence-electron chi connectivity index (χ4n) is 2.63. The second-order valence-electron chi connectivity index (χ2n) is 5.94. The number of hydrogen-bond donors (Lipinski definition) is 3. The van der Waals surface area contributed by atoms with E-state index in [4.69, 9.17) is 5.11 Å². The molecular weight excluding hydrogens is 244 g/mol. The van der Waals surface area contributed by atoms with Crippen LogP contribution in [0.1, 0.15) is 46.5 Å². The quantitative estimate of drug-likeness (QED) is 0.716. The van der Waals surface area contributed by atoms with Gasteiger partial charge in [-0.25, -0.2) is 9.59 Å². The van der Waals surface area contributed by atoms with Crippen molar-refractivity contribution in [3.05, 3.63) is 0 Å². The summed E-state index contributed by atoms with van der Waals surface area (Å²) in [6, 6.07) is -1.21. The van der Waals surface area contributed by atoms with Gasteiger partial charge in [0.05, 0.1) is 0 Å². The highest BCUT2D eigenvalue weighted by molar-refractivity contribution is 5.82. The maximum absolute atomic E-state index is 11.7. The van der Waals surface area contributed by atoms with E-state index in [0.29, 0.717) is 18.4 Å². The van der Waals surface area contributed by atoms with E-state index in [0.717, 1.165) is 6.42 Å². The van der Waals surface area contributed by atoms with Crippen molar-refractivity contribution in [3.8, 4) is 0 Å². The highest BCUT2D eigenvalue weighted by Crippen LogP contribution is 2.28. The van der Waals surface area contributed by atoms with Crippen molar-refractivity contribution in [2.24, 2.45) is 17.8 Å². The number of carbonyl (C=O) groups excluding carboxylic acids is 1. The number of urea groups is 1. The summed E-state index contributed by atoms with van der Waals surface area (Å²) in [6.07, 6.45) is 4.87. The minimum Gasteiger partial charge on any atom is -0.480 e. The fraction of sp³-hybridized carbons (Fsp3) is 0.857. The Morgan fingerprint density at radius 2 is 1.89 bits per heavy atom. The van der Waals surface area contributed by atoms with Crippen molar-refractivity contribution in [1.82, 2.24) is 10.6 Å². The van der Waals surface area contributed by atoms with Crippen LogP contribution in [0.25, 0.3) is 0 Å². The van der Waals surface area contributed by atoms with E-state index in [1.54, 1.807) is 13.8 Å². The van der Waals surface area contributed by atoms with Gasteiger partial charge in [-0.3, -0.25) is 0 Å². The molecule has 1 fully saturated rings. The van der Waals surface area contributed by atoms with Crippen LogP contribution in [0.4, 0.5) is 4.79 Å². The lowest BCUT2D eigenvalue weighted by molar-refractivity contribution is -0.140. The molecule has 19 heavy (non-hydrogen) atoms. The van der Waals surface area contributed by atoms with Gasteiger partial charge in [0.25, 0.3) is 0 Å². The number of carbonyl (C=O) groups is 2. The van der Waals surface area contributed by atoms with Gasteiger partial charge >= 0.3 is 12.0 Å². The summed E-state index contributed by atoms with van der Waals surface area (Å²) in [5.74, 6) is 0.0317. The molecule has 3 unspecified atom stereocenters. The fourth-order valence-corrected chi connectivity index (χ4v) is 2.63. The van der Waals surface area contributed by atoms with Crippen LogP contribution >= 0.6 is 0 Å². The third-order valence-corrected chi connectivity index (χ3v) is 4.03. The summed E-state index contributed by atoms with van der Waals surface area (Å²) in [5.41, 5.74) is 0. The molecule has 0 radical (unpaired) electrons. The second-order valence-corrected chi connectivity index (χ2v) is 5.94. The predicted molar refractivity (Wildman–Crippen MR) is 73.9 cm³/mol. The Bertz CT molecular complexity index is 318. The number of amides is 2. The second kappa shape index (κ2) is 7.36. The number of carboxylic acid groups (broad SMARTS) is 1. The average Bonchev–Trinajstić information content (AvgIpc) is 2.34. The Hall–Kier alpha value is -1.26. The van der Waals surface area contributed by atoms with Crippen LogP contribution in [-0.2, 0) is 4.79 Å². The lowest BCUT2D eigenvalue weighted by Gasteiger charge is -2.29. The van der Waals surface area contributed by atoms with Crippen LogP contribution in [0.15, 0.2) is 0 Å². The topological polar surface area (TPSA) is 78.4 Å². The van der Waals surface area contributed by atoms with Crippen molar-refractivity contribution >= 4 is 12.0 Å². The number of nitrogens with one attached hydrogen (secondary N) is 2. The average molecular weight is 270 g/mol. The third-order valence-electron chi connectivity index (χ3n) is 4.03. The zero-order chi connectivity index (χ0) is 14.4. The molecule has 0 aliphatic heterocycles. The van der Waals surface area contributed by atoms with Crippen LogP contribution in [-0.4, -0.2) is 29.7 Å². The minimum atomic E-state index is -0.990. The molecule has 2 amide bonds. The Labute approximate surface area is 115 Å². The summed E-state index contributed by atoms with van der Waals surface area (Å²) in [4.78, 5) is 22.7. The summed E-state index contributed by atoms with van der Waals surface area (Å²) >= 11 is 0. The number of carboxylic acids is 1. The molecule has 3 atom stereocenters. The maximum atomic E-state index is 11.7. The van der Waals surface area contributed by atoms with Gasteiger partial charge in [0.2, 0.25) is 0 Å². The van der Waals surface area contributed by atoms with Gasteiger partial charge in [-0.15, -0.1) is 0 Å². The van der Waals surface area contributed by atoms with Crippen molar-refractivity contribution in [1.29, 1.82) is 0 Å². The lowest BCUT2D eigenvalue weighted by atomic mass is 9.80. The smallest absolute Gasteiger partial charge is 0.326 e. The Kier molecular flexibility index (Phi) is 6.12. The molecule has 0 aromatic rings. The first-order chi connectivity index (χ1) is 8.91. The molecule has 0 heterocycles. The molecule has 0 aromatic carbocycles. The highest BCUT2D eigenvalue weighted by atomic mass is 16.4. The van der Waals surface area contributed by atoms with E-state index >= 15 is 0 Å². The molecule has 5 heteroatoms. The molecule has 1 saturated carbocycles. The molecule has 1 aliphatic carbocycles. The van der Waals surface area contributed by atoms with Crippen molar-refractivity contribution in [2.45, 2.75) is 52.5 Å². The van der Waals surface area contributed by atoms with E-state index in [9.17, 15) is 9.59 Å². The molecule has 1 rings (SSSR count). The monoisotopic (exact) mass is 270 g/mol. The molecule has 0 aromatic heterocycles. The molecule has 110 valence electrons. The highest BCUT2D eigenvalue weighted by Gasteiger charge is 2.25. The van der Waals surface area contributed by atoms with Gasteiger partial charge in [-0.05, 0) is 24.2 Å². The summed E-state index contributed by atoms with van der Waals surface area (Å²) < 4.78 is 0. The first kappa shape index (κ1) is 15.8. The number of hydrogen-bond acceptors (Lipinski definition) is 2. The van der Waals surface area contributed by atoms with E-state index in [2.05, 4.69) is 17.6 Å². The summed E-state index contributed by atoms with van der Waals surface area (Å²) in [6.45, 7) is 6.42. The van der Waals surface area contributed by atoms with Gasteiger partial charge < -0.3 is 15.7 Å². The van der Waals surface area contributed by atoms with E-state index < -0.39 is 12.0 Å². The van der Waals surface area contributed by atoms with Crippen LogP contribution in [0.5, 0.6) is 0 Å². The summed E-state index contributed by atoms with van der Waals surface area (Å²) in [5, 5.41) is 14.3. The van der Waals surface area contributed by atoms with E-state index in [-0.39, 0.29) is 11.9 Å². The molecule has 1 aliphatic rings. The van der Waals surface area contributed by atoms with Gasteiger partial charge in [0.1, 0.15) is 6.04 Å². The molecule has 0 saturated heterocycles. The maximum Gasteiger partial charge on any atom is 0.326 e. The van der Waals surface area contributed by atoms with E-state index in [1.807, 2.05) is 0 Å². The van der Waals surface area contributed by atoms with Crippen molar-refractivity contribution < 1.29 is 14.7 Å². The number of aliphatic carboxylic acids is 1. The molecule has 5 nitrogen and oxygen atoms in total. The Balaban J connectivity index is 2.36. The van der Waals surface area contributed by atoms with Gasteiger partial charge in [0.15, 0.2) is 0 Å². The van der Waals surface area contributed by atoms with Crippen LogP contribution in [0.2, 0.25) is 0 Å². The van der Waals surface area contributed by atoms with Gasteiger partial charge in [-0.2, -0.15) is 0 Å². The zero-order valence-electron chi connectivity index (χ0n) is 12.1. The number of rotatable bonds is 5. The summed E-state index contributed by atoms with van der Waals surface area (Å²) in [7, 11) is 0. The van der Waals surface area contributed by atoms with Gasteiger partial charge in [0, 0.05) is 6.54 Å². The zero-order valence-corrected chi connectivity index (χ0v) is 12.1. The predicted octanol–water partition coefficient (Wildman–Crippen LogP) is 2.22. The largest absolute Gasteiger partial charge is 0.480 e. The molecule has 0 bridgehead atoms. The van der Waals surface area contributed by atoms with Crippen molar-refractivity contribution in [2.75, 3.05) is 6.54 Å². The first-order valence-corrected chi connectivity index (χ1v) is 7.19.